The van der Waals surface area contributed by atoms with Gasteiger partial charge < -0.3 is 24.1 Å². The van der Waals surface area contributed by atoms with Crippen molar-refractivity contribution in [3.63, 3.8) is 0 Å². The molecule has 0 saturated carbocycles. The fourth-order valence-electron chi connectivity index (χ4n) is 1.47. The number of benzene rings is 1. The van der Waals surface area contributed by atoms with Gasteiger partial charge in [0.1, 0.15) is 19.0 Å². The van der Waals surface area contributed by atoms with E-state index in [2.05, 4.69) is 0 Å². The highest BCUT2D eigenvalue weighted by Gasteiger charge is 2.07. The molecule has 1 N–H and O–H groups in total. The predicted octanol–water partition coefficient (Wildman–Crippen LogP) is 1.20. The van der Waals surface area contributed by atoms with Crippen molar-refractivity contribution in [1.29, 1.82) is 0 Å². The van der Waals surface area contributed by atoms with Crippen molar-refractivity contribution in [3.8, 4) is 17.2 Å². The molecule has 1 aliphatic heterocycles. The summed E-state index contributed by atoms with van der Waals surface area (Å²) in [5.41, 5.74) is 0. The number of hydrogen-bond acceptors (Lipinski definition) is 5. The SMILES string of the molecule is Oc1ccc2c(c1)OCCOCCOCCO2. The van der Waals surface area contributed by atoms with Crippen LogP contribution in [0, 0.1) is 0 Å². The Morgan fingerprint density at radius 2 is 1.35 bits per heavy atom. The van der Waals surface area contributed by atoms with Crippen LogP contribution in [0.4, 0.5) is 0 Å². The summed E-state index contributed by atoms with van der Waals surface area (Å²) >= 11 is 0. The Morgan fingerprint density at radius 3 is 2.06 bits per heavy atom. The molecule has 5 heteroatoms. The Bertz CT molecular complexity index is 353. The average molecular weight is 240 g/mol. The topological polar surface area (TPSA) is 57.2 Å². The minimum atomic E-state index is 0.150. The molecule has 0 saturated heterocycles. The fourth-order valence-corrected chi connectivity index (χ4v) is 1.47. The van der Waals surface area contributed by atoms with Crippen LogP contribution in [0.25, 0.3) is 0 Å². The van der Waals surface area contributed by atoms with Crippen LogP contribution in [0.1, 0.15) is 0 Å². The van der Waals surface area contributed by atoms with Crippen LogP contribution >= 0.6 is 0 Å². The minimum absolute atomic E-state index is 0.150. The fraction of sp³-hybridized carbons (Fsp3) is 0.500. The molecule has 5 nitrogen and oxygen atoms in total. The average Bonchev–Trinajstić information content (AvgIpc) is 2.31. The van der Waals surface area contributed by atoms with Gasteiger partial charge in [0.05, 0.1) is 26.4 Å². The lowest BCUT2D eigenvalue weighted by atomic mass is 10.3. The van der Waals surface area contributed by atoms with Gasteiger partial charge in [-0.1, -0.05) is 0 Å². The maximum atomic E-state index is 9.39. The van der Waals surface area contributed by atoms with Gasteiger partial charge in [-0.25, -0.2) is 0 Å². The van der Waals surface area contributed by atoms with Gasteiger partial charge in [-0.2, -0.15) is 0 Å². The Morgan fingerprint density at radius 1 is 0.765 bits per heavy atom. The number of phenols is 1. The largest absolute Gasteiger partial charge is 0.508 e. The number of fused-ring (bicyclic) bond motifs is 1. The summed E-state index contributed by atoms with van der Waals surface area (Å²) in [6, 6.07) is 4.77. The third-order valence-corrected chi connectivity index (χ3v) is 2.27. The maximum absolute atomic E-state index is 9.39. The summed E-state index contributed by atoms with van der Waals surface area (Å²) in [6.45, 7) is 2.96. The molecule has 1 aliphatic rings. The van der Waals surface area contributed by atoms with E-state index in [9.17, 15) is 5.11 Å². The zero-order valence-corrected chi connectivity index (χ0v) is 9.55. The van der Waals surface area contributed by atoms with Crippen molar-refractivity contribution in [2.45, 2.75) is 0 Å². The van der Waals surface area contributed by atoms with Crippen molar-refractivity contribution in [2.75, 3.05) is 39.6 Å². The highest BCUT2D eigenvalue weighted by molar-refractivity contribution is 5.45. The standard InChI is InChI=1S/C12H16O5/c13-10-1-2-11-12(9-10)17-8-6-15-4-3-14-5-7-16-11/h1-2,9,13H,3-8H2. The van der Waals surface area contributed by atoms with E-state index >= 15 is 0 Å². The minimum Gasteiger partial charge on any atom is -0.508 e. The number of hydrogen-bond donors (Lipinski definition) is 1. The molecule has 0 bridgehead atoms. The van der Waals surface area contributed by atoms with Crippen molar-refractivity contribution in [2.24, 2.45) is 0 Å². The molecular formula is C12H16O5. The van der Waals surface area contributed by atoms with Gasteiger partial charge in [0, 0.05) is 6.07 Å². The van der Waals surface area contributed by atoms with Crippen LogP contribution in [-0.4, -0.2) is 44.7 Å². The first kappa shape index (κ1) is 12.0. The van der Waals surface area contributed by atoms with Crippen LogP contribution in [0.2, 0.25) is 0 Å². The molecule has 2 rings (SSSR count). The van der Waals surface area contributed by atoms with Crippen LogP contribution in [0.3, 0.4) is 0 Å². The number of ether oxygens (including phenoxy) is 4. The molecule has 17 heavy (non-hydrogen) atoms. The molecule has 0 aromatic heterocycles. The number of phenolic OH excluding ortho intramolecular Hbond substituents is 1. The quantitative estimate of drug-likeness (QED) is 0.738. The van der Waals surface area contributed by atoms with Gasteiger partial charge in [0.2, 0.25) is 0 Å². The Kier molecular flexibility index (Phi) is 4.46. The van der Waals surface area contributed by atoms with E-state index in [0.29, 0.717) is 51.1 Å². The molecule has 0 amide bonds. The van der Waals surface area contributed by atoms with Crippen LogP contribution in [-0.2, 0) is 9.47 Å². The molecule has 0 aliphatic carbocycles. The third-order valence-electron chi connectivity index (χ3n) is 2.27. The third kappa shape index (κ3) is 3.80. The van der Waals surface area contributed by atoms with Gasteiger partial charge in [0.25, 0.3) is 0 Å². The summed E-state index contributed by atoms with van der Waals surface area (Å²) in [7, 11) is 0. The number of rotatable bonds is 0. The van der Waals surface area contributed by atoms with Gasteiger partial charge in [-0.05, 0) is 12.1 Å². The zero-order chi connectivity index (χ0) is 11.9. The molecule has 1 aromatic rings. The summed E-state index contributed by atoms with van der Waals surface area (Å²) in [5, 5.41) is 9.39. The summed E-state index contributed by atoms with van der Waals surface area (Å²) < 4.78 is 21.6. The van der Waals surface area contributed by atoms with E-state index in [1.165, 1.54) is 6.07 Å². The molecule has 1 aromatic carbocycles. The van der Waals surface area contributed by atoms with E-state index in [-0.39, 0.29) is 5.75 Å². The van der Waals surface area contributed by atoms with Crippen LogP contribution in [0.5, 0.6) is 17.2 Å². The molecule has 0 spiro atoms. The Hall–Kier alpha value is -1.46. The molecule has 0 radical (unpaired) electrons. The molecule has 0 atom stereocenters. The van der Waals surface area contributed by atoms with Crippen LogP contribution in [0.15, 0.2) is 18.2 Å². The highest BCUT2D eigenvalue weighted by Crippen LogP contribution is 2.30. The summed E-state index contributed by atoms with van der Waals surface area (Å²) in [6.07, 6.45) is 0. The monoisotopic (exact) mass is 240 g/mol. The van der Waals surface area contributed by atoms with Crippen LogP contribution < -0.4 is 9.47 Å². The predicted molar refractivity (Wildman–Crippen MR) is 60.7 cm³/mol. The Balaban J connectivity index is 2.05. The molecule has 1 heterocycles. The first-order valence-corrected chi connectivity index (χ1v) is 5.60. The lowest BCUT2D eigenvalue weighted by Gasteiger charge is -2.15. The number of aromatic hydroxyl groups is 1. The highest BCUT2D eigenvalue weighted by atomic mass is 16.6. The molecule has 0 unspecified atom stereocenters. The van der Waals surface area contributed by atoms with Gasteiger partial charge >= 0.3 is 0 Å². The van der Waals surface area contributed by atoms with E-state index in [0.717, 1.165) is 0 Å². The first-order valence-electron chi connectivity index (χ1n) is 5.60. The first-order chi connectivity index (χ1) is 8.36. The van der Waals surface area contributed by atoms with E-state index in [1.807, 2.05) is 0 Å². The van der Waals surface area contributed by atoms with Gasteiger partial charge in [-0.15, -0.1) is 0 Å². The van der Waals surface area contributed by atoms with Crippen molar-refractivity contribution in [3.05, 3.63) is 18.2 Å². The van der Waals surface area contributed by atoms with Crippen molar-refractivity contribution < 1.29 is 24.1 Å². The second-order valence-electron chi connectivity index (χ2n) is 3.55. The second-order valence-corrected chi connectivity index (χ2v) is 3.55. The maximum Gasteiger partial charge on any atom is 0.164 e. The van der Waals surface area contributed by atoms with Crippen molar-refractivity contribution in [1.82, 2.24) is 0 Å². The molecule has 94 valence electrons. The van der Waals surface area contributed by atoms with Crippen molar-refractivity contribution >= 4 is 0 Å². The second kappa shape index (κ2) is 6.32. The molecular weight excluding hydrogens is 224 g/mol. The zero-order valence-electron chi connectivity index (χ0n) is 9.55. The molecule has 0 fully saturated rings. The van der Waals surface area contributed by atoms with E-state index in [4.69, 9.17) is 18.9 Å². The van der Waals surface area contributed by atoms with Gasteiger partial charge in [-0.3, -0.25) is 0 Å². The van der Waals surface area contributed by atoms with E-state index in [1.54, 1.807) is 12.1 Å². The lowest BCUT2D eigenvalue weighted by Crippen LogP contribution is -2.15. The lowest BCUT2D eigenvalue weighted by molar-refractivity contribution is 0.0223. The normalized spacial score (nSPS) is 17.9. The Labute approximate surface area is 99.9 Å². The smallest absolute Gasteiger partial charge is 0.164 e. The van der Waals surface area contributed by atoms with Gasteiger partial charge in [0.15, 0.2) is 11.5 Å². The summed E-state index contributed by atoms with van der Waals surface area (Å²) in [5.74, 6) is 1.28. The van der Waals surface area contributed by atoms with E-state index < -0.39 is 0 Å². The summed E-state index contributed by atoms with van der Waals surface area (Å²) in [4.78, 5) is 0.